The van der Waals surface area contributed by atoms with Gasteiger partial charge >= 0.3 is 0 Å². The molecule has 1 amide bonds. The van der Waals surface area contributed by atoms with Crippen LogP contribution in [0.15, 0.2) is 54.6 Å². The summed E-state index contributed by atoms with van der Waals surface area (Å²) in [7, 11) is 0. The Morgan fingerprint density at radius 1 is 1.00 bits per heavy atom. The number of hydrogen-bond donors (Lipinski definition) is 1. The van der Waals surface area contributed by atoms with Crippen LogP contribution in [0, 0.1) is 11.3 Å². The van der Waals surface area contributed by atoms with Crippen LogP contribution < -0.4 is 10.2 Å². The van der Waals surface area contributed by atoms with Crippen LogP contribution in [0.2, 0.25) is 0 Å². The van der Waals surface area contributed by atoms with Crippen LogP contribution in [0.4, 0.5) is 11.4 Å². The van der Waals surface area contributed by atoms with Gasteiger partial charge in [0.15, 0.2) is 0 Å². The van der Waals surface area contributed by atoms with Crippen molar-refractivity contribution in [1.29, 1.82) is 5.26 Å². The first-order valence-electron chi connectivity index (χ1n) is 8.07. The summed E-state index contributed by atoms with van der Waals surface area (Å²) in [6, 6.07) is 19.4. The van der Waals surface area contributed by atoms with Gasteiger partial charge in [0.05, 0.1) is 17.8 Å². The van der Waals surface area contributed by atoms with Crippen molar-refractivity contribution < 1.29 is 4.79 Å². The molecule has 2 aromatic carbocycles. The molecule has 1 fully saturated rings. The van der Waals surface area contributed by atoms with Gasteiger partial charge in [0.25, 0.3) is 0 Å². The third kappa shape index (κ3) is 3.92. The molecule has 0 spiro atoms. The number of nitrogens with zero attached hydrogens (tertiary/aromatic N) is 3. The van der Waals surface area contributed by atoms with Crippen molar-refractivity contribution in [2.24, 2.45) is 0 Å². The van der Waals surface area contributed by atoms with E-state index < -0.39 is 0 Å². The van der Waals surface area contributed by atoms with Gasteiger partial charge < -0.3 is 10.2 Å². The van der Waals surface area contributed by atoms with Crippen molar-refractivity contribution in [1.82, 2.24) is 4.90 Å². The highest BCUT2D eigenvalue weighted by Gasteiger charge is 2.20. The first-order chi connectivity index (χ1) is 11.8. The van der Waals surface area contributed by atoms with E-state index in [0.29, 0.717) is 12.1 Å². The first kappa shape index (κ1) is 16.0. The molecule has 1 aliphatic heterocycles. The lowest BCUT2D eigenvalue weighted by atomic mass is 10.1. The minimum Gasteiger partial charge on any atom is -0.368 e. The number of amides is 1. The average molecular weight is 320 g/mol. The largest absolute Gasteiger partial charge is 0.368 e. The standard InChI is InChI=1S/C19H20N4O/c20-14-16-6-4-5-9-18(16)23-12-10-22(11-13-23)15-19(24)21-17-7-2-1-3-8-17/h1-9H,10-13,15H2,(H,21,24). The molecule has 1 saturated heterocycles. The second-order valence-electron chi connectivity index (χ2n) is 5.81. The lowest BCUT2D eigenvalue weighted by Gasteiger charge is -2.36. The molecule has 0 atom stereocenters. The fourth-order valence-electron chi connectivity index (χ4n) is 2.92. The van der Waals surface area contributed by atoms with Gasteiger partial charge in [-0.05, 0) is 24.3 Å². The van der Waals surface area contributed by atoms with Crippen molar-refractivity contribution in [2.45, 2.75) is 0 Å². The summed E-state index contributed by atoms with van der Waals surface area (Å²) in [4.78, 5) is 16.5. The van der Waals surface area contributed by atoms with Gasteiger partial charge in [-0.15, -0.1) is 0 Å². The third-order valence-electron chi connectivity index (χ3n) is 4.16. The van der Waals surface area contributed by atoms with E-state index in [1.807, 2.05) is 54.6 Å². The van der Waals surface area contributed by atoms with Gasteiger partial charge in [-0.3, -0.25) is 9.69 Å². The molecule has 5 heteroatoms. The molecule has 0 unspecified atom stereocenters. The van der Waals surface area contributed by atoms with E-state index in [0.717, 1.165) is 37.6 Å². The van der Waals surface area contributed by atoms with E-state index in [1.54, 1.807) is 0 Å². The fraction of sp³-hybridized carbons (Fsp3) is 0.263. The van der Waals surface area contributed by atoms with Crippen molar-refractivity contribution in [3.05, 3.63) is 60.2 Å². The molecule has 122 valence electrons. The topological polar surface area (TPSA) is 59.4 Å². The maximum absolute atomic E-state index is 12.1. The zero-order chi connectivity index (χ0) is 16.8. The second kappa shape index (κ2) is 7.62. The van der Waals surface area contributed by atoms with Gasteiger partial charge in [-0.25, -0.2) is 0 Å². The summed E-state index contributed by atoms with van der Waals surface area (Å²) in [5.41, 5.74) is 2.50. The Morgan fingerprint density at radius 3 is 2.38 bits per heavy atom. The average Bonchev–Trinajstić information content (AvgIpc) is 2.63. The van der Waals surface area contributed by atoms with Crippen molar-refractivity contribution in [3.8, 4) is 6.07 Å². The zero-order valence-electron chi connectivity index (χ0n) is 13.5. The molecular weight excluding hydrogens is 300 g/mol. The quantitative estimate of drug-likeness (QED) is 0.939. The summed E-state index contributed by atoms with van der Waals surface area (Å²) in [5.74, 6) is 0.00655. The van der Waals surface area contributed by atoms with Crippen LogP contribution in [0.1, 0.15) is 5.56 Å². The van der Waals surface area contributed by atoms with E-state index in [1.165, 1.54) is 0 Å². The SMILES string of the molecule is N#Cc1ccccc1N1CCN(CC(=O)Nc2ccccc2)CC1. The number of rotatable bonds is 4. The van der Waals surface area contributed by atoms with Gasteiger partial charge in [-0.2, -0.15) is 5.26 Å². The highest BCUT2D eigenvalue weighted by molar-refractivity contribution is 5.92. The molecule has 0 aliphatic carbocycles. The van der Waals surface area contributed by atoms with Gasteiger partial charge in [0.2, 0.25) is 5.91 Å². The number of piperazine rings is 1. The summed E-state index contributed by atoms with van der Waals surface area (Å²) in [6.07, 6.45) is 0. The molecule has 1 aliphatic rings. The molecule has 2 aromatic rings. The molecule has 0 aromatic heterocycles. The molecule has 1 heterocycles. The highest BCUT2D eigenvalue weighted by atomic mass is 16.2. The number of carbonyl (C=O) groups is 1. The predicted octanol–water partition coefficient (Wildman–Crippen LogP) is 2.32. The normalized spacial score (nSPS) is 14.9. The fourth-order valence-corrected chi connectivity index (χ4v) is 2.92. The number of anilines is 2. The van der Waals surface area contributed by atoms with E-state index in [2.05, 4.69) is 21.2 Å². The Hall–Kier alpha value is -2.84. The maximum atomic E-state index is 12.1. The van der Waals surface area contributed by atoms with E-state index in [-0.39, 0.29) is 5.91 Å². The maximum Gasteiger partial charge on any atom is 0.238 e. The van der Waals surface area contributed by atoms with Gasteiger partial charge in [0.1, 0.15) is 6.07 Å². The predicted molar refractivity (Wildman–Crippen MR) is 94.9 cm³/mol. The van der Waals surface area contributed by atoms with Crippen LogP contribution in [0.5, 0.6) is 0 Å². The number of nitrogens with one attached hydrogen (secondary N) is 1. The van der Waals surface area contributed by atoms with Crippen LogP contribution in [0.3, 0.4) is 0 Å². The molecule has 24 heavy (non-hydrogen) atoms. The van der Waals surface area contributed by atoms with E-state index in [4.69, 9.17) is 0 Å². The second-order valence-corrected chi connectivity index (χ2v) is 5.81. The minimum absolute atomic E-state index is 0.00655. The van der Waals surface area contributed by atoms with Gasteiger partial charge in [-0.1, -0.05) is 30.3 Å². The lowest BCUT2D eigenvalue weighted by Crippen LogP contribution is -2.48. The first-order valence-corrected chi connectivity index (χ1v) is 8.07. The summed E-state index contributed by atoms with van der Waals surface area (Å²) < 4.78 is 0. The monoisotopic (exact) mass is 320 g/mol. The smallest absolute Gasteiger partial charge is 0.238 e. The molecule has 0 radical (unpaired) electrons. The number of nitriles is 1. The Kier molecular flexibility index (Phi) is 5.09. The molecular formula is C19H20N4O. The molecule has 1 N–H and O–H groups in total. The molecule has 0 bridgehead atoms. The molecule has 3 rings (SSSR count). The summed E-state index contributed by atoms with van der Waals surface area (Å²) in [6.45, 7) is 3.64. The van der Waals surface area contributed by atoms with Crippen molar-refractivity contribution in [2.75, 3.05) is 42.9 Å². The Bertz CT molecular complexity index is 731. The minimum atomic E-state index is 0.00655. The van der Waals surface area contributed by atoms with Gasteiger partial charge in [0, 0.05) is 31.9 Å². The molecule has 5 nitrogen and oxygen atoms in total. The third-order valence-corrected chi connectivity index (χ3v) is 4.16. The molecule has 0 saturated carbocycles. The van der Waals surface area contributed by atoms with Crippen LogP contribution in [-0.4, -0.2) is 43.5 Å². The summed E-state index contributed by atoms with van der Waals surface area (Å²) >= 11 is 0. The number of carbonyl (C=O) groups excluding carboxylic acids is 1. The van der Waals surface area contributed by atoms with E-state index >= 15 is 0 Å². The van der Waals surface area contributed by atoms with Crippen LogP contribution >= 0.6 is 0 Å². The number of para-hydroxylation sites is 2. The summed E-state index contributed by atoms with van der Waals surface area (Å²) in [5, 5.41) is 12.1. The van der Waals surface area contributed by atoms with Crippen LogP contribution in [-0.2, 0) is 4.79 Å². The lowest BCUT2D eigenvalue weighted by molar-refractivity contribution is -0.117. The highest BCUT2D eigenvalue weighted by Crippen LogP contribution is 2.21. The zero-order valence-corrected chi connectivity index (χ0v) is 13.5. The Labute approximate surface area is 142 Å². The Morgan fingerprint density at radius 2 is 1.67 bits per heavy atom. The van der Waals surface area contributed by atoms with Crippen LogP contribution in [0.25, 0.3) is 0 Å². The van der Waals surface area contributed by atoms with Crippen molar-refractivity contribution >= 4 is 17.3 Å². The van der Waals surface area contributed by atoms with E-state index in [9.17, 15) is 10.1 Å². The number of hydrogen-bond acceptors (Lipinski definition) is 4. The Balaban J connectivity index is 1.52. The van der Waals surface area contributed by atoms with Crippen molar-refractivity contribution in [3.63, 3.8) is 0 Å². The number of benzene rings is 2.